The van der Waals surface area contributed by atoms with Gasteiger partial charge in [-0.2, -0.15) is 4.98 Å². The van der Waals surface area contributed by atoms with E-state index in [0.29, 0.717) is 23.8 Å². The Morgan fingerprint density at radius 1 is 1.20 bits per heavy atom. The highest BCUT2D eigenvalue weighted by Gasteiger charge is 2.34. The average Bonchev–Trinajstić information content (AvgIpc) is 3.32. The van der Waals surface area contributed by atoms with Crippen molar-refractivity contribution >= 4 is 5.91 Å². The van der Waals surface area contributed by atoms with Gasteiger partial charge < -0.3 is 14.4 Å². The Labute approximate surface area is 143 Å². The molecule has 0 radical (unpaired) electrons. The maximum atomic E-state index is 12.7. The van der Waals surface area contributed by atoms with Crippen molar-refractivity contribution in [3.8, 4) is 11.4 Å². The van der Waals surface area contributed by atoms with Gasteiger partial charge in [-0.3, -0.25) is 9.59 Å². The van der Waals surface area contributed by atoms with Crippen LogP contribution in [0.3, 0.4) is 0 Å². The van der Waals surface area contributed by atoms with Crippen LogP contribution in [0.4, 0.5) is 0 Å². The minimum Gasteiger partial charge on any atom is -0.337 e. The van der Waals surface area contributed by atoms with E-state index in [1.165, 1.54) is 18.3 Å². The van der Waals surface area contributed by atoms with E-state index in [2.05, 4.69) is 15.1 Å². The van der Waals surface area contributed by atoms with Crippen LogP contribution in [0.5, 0.6) is 0 Å². The quantitative estimate of drug-likeness (QED) is 0.793. The second kappa shape index (κ2) is 6.35. The van der Waals surface area contributed by atoms with Crippen molar-refractivity contribution in [2.75, 3.05) is 6.54 Å². The molecule has 0 bridgehead atoms. The number of nitrogens with zero attached hydrogens (tertiary/aromatic N) is 3. The van der Waals surface area contributed by atoms with Gasteiger partial charge in [0, 0.05) is 24.4 Å². The summed E-state index contributed by atoms with van der Waals surface area (Å²) in [5.41, 5.74) is 1.07. The molecule has 1 saturated heterocycles. The molecule has 1 aliphatic rings. The number of aromatic amines is 1. The van der Waals surface area contributed by atoms with Crippen molar-refractivity contribution < 1.29 is 9.32 Å². The fourth-order valence-corrected chi connectivity index (χ4v) is 3.05. The summed E-state index contributed by atoms with van der Waals surface area (Å²) in [6, 6.07) is 12.2. The SMILES string of the molecule is O=C(c1ccc(=O)[nH]c1)N1CCC[C@H]1c1nc(-c2ccccc2)no1. The first-order chi connectivity index (χ1) is 12.2. The van der Waals surface area contributed by atoms with Crippen molar-refractivity contribution in [3.05, 3.63) is 70.5 Å². The third-order valence-corrected chi connectivity index (χ3v) is 4.30. The average molecular weight is 336 g/mol. The van der Waals surface area contributed by atoms with Crippen LogP contribution in [0.2, 0.25) is 0 Å². The molecule has 0 spiro atoms. The summed E-state index contributed by atoms with van der Waals surface area (Å²) in [4.78, 5) is 32.6. The van der Waals surface area contributed by atoms with E-state index < -0.39 is 0 Å². The minimum absolute atomic E-state index is 0.154. The molecule has 25 heavy (non-hydrogen) atoms. The number of hydrogen-bond donors (Lipinski definition) is 1. The van der Waals surface area contributed by atoms with Crippen LogP contribution in [0.25, 0.3) is 11.4 Å². The summed E-state index contributed by atoms with van der Waals surface area (Å²) in [7, 11) is 0. The van der Waals surface area contributed by atoms with Gasteiger partial charge in [-0.1, -0.05) is 35.5 Å². The molecule has 7 nitrogen and oxygen atoms in total. The van der Waals surface area contributed by atoms with Crippen LogP contribution in [-0.4, -0.2) is 32.5 Å². The lowest BCUT2D eigenvalue weighted by molar-refractivity contribution is 0.0709. The van der Waals surface area contributed by atoms with E-state index >= 15 is 0 Å². The molecule has 2 aromatic heterocycles. The zero-order valence-electron chi connectivity index (χ0n) is 13.4. The van der Waals surface area contributed by atoms with Crippen LogP contribution in [-0.2, 0) is 0 Å². The smallest absolute Gasteiger partial charge is 0.256 e. The number of pyridine rings is 1. The molecule has 0 saturated carbocycles. The molecule has 3 heterocycles. The van der Waals surface area contributed by atoms with E-state index in [9.17, 15) is 9.59 Å². The van der Waals surface area contributed by atoms with Crippen LogP contribution >= 0.6 is 0 Å². The molecule has 1 amide bonds. The van der Waals surface area contributed by atoms with Gasteiger partial charge in [0.2, 0.25) is 17.3 Å². The lowest BCUT2D eigenvalue weighted by Crippen LogP contribution is -2.31. The highest BCUT2D eigenvalue weighted by Crippen LogP contribution is 2.33. The number of H-pyrrole nitrogens is 1. The fourth-order valence-electron chi connectivity index (χ4n) is 3.05. The Morgan fingerprint density at radius 2 is 2.04 bits per heavy atom. The zero-order chi connectivity index (χ0) is 17.2. The van der Waals surface area contributed by atoms with Crippen molar-refractivity contribution in [1.29, 1.82) is 0 Å². The van der Waals surface area contributed by atoms with E-state index in [4.69, 9.17) is 4.52 Å². The summed E-state index contributed by atoms with van der Waals surface area (Å²) >= 11 is 0. The van der Waals surface area contributed by atoms with Crippen molar-refractivity contribution in [2.45, 2.75) is 18.9 Å². The predicted molar refractivity (Wildman–Crippen MR) is 89.8 cm³/mol. The molecule has 1 aliphatic heterocycles. The zero-order valence-corrected chi connectivity index (χ0v) is 13.4. The lowest BCUT2D eigenvalue weighted by Gasteiger charge is -2.21. The van der Waals surface area contributed by atoms with Crippen molar-refractivity contribution in [3.63, 3.8) is 0 Å². The number of rotatable bonds is 3. The topological polar surface area (TPSA) is 92.1 Å². The van der Waals surface area contributed by atoms with Crippen LogP contribution in [0.15, 0.2) is 58.0 Å². The molecule has 1 atom stereocenters. The number of carbonyl (C=O) groups excluding carboxylic acids is 1. The summed E-state index contributed by atoms with van der Waals surface area (Å²) in [6.45, 7) is 0.617. The lowest BCUT2D eigenvalue weighted by atomic mass is 10.2. The Balaban J connectivity index is 1.59. The van der Waals surface area contributed by atoms with Gasteiger partial charge in [0.05, 0.1) is 5.56 Å². The van der Waals surface area contributed by atoms with Crippen LogP contribution < -0.4 is 5.56 Å². The Hall–Kier alpha value is -3.22. The molecular weight excluding hydrogens is 320 g/mol. The second-order valence-electron chi connectivity index (χ2n) is 5.92. The first-order valence-electron chi connectivity index (χ1n) is 8.11. The summed E-state index contributed by atoms with van der Waals surface area (Å²) in [6.07, 6.45) is 3.07. The molecule has 0 aliphatic carbocycles. The predicted octanol–water partition coefficient (Wildman–Crippen LogP) is 2.40. The van der Waals surface area contributed by atoms with E-state index in [0.717, 1.165) is 18.4 Å². The molecular formula is C18H16N4O3. The molecule has 7 heteroatoms. The van der Waals surface area contributed by atoms with E-state index in [1.54, 1.807) is 4.90 Å². The van der Waals surface area contributed by atoms with E-state index in [-0.39, 0.29) is 17.5 Å². The van der Waals surface area contributed by atoms with Crippen molar-refractivity contribution in [2.24, 2.45) is 0 Å². The molecule has 0 unspecified atom stereocenters. The largest absolute Gasteiger partial charge is 0.337 e. The maximum Gasteiger partial charge on any atom is 0.256 e. The van der Waals surface area contributed by atoms with Gasteiger partial charge in [0.25, 0.3) is 5.91 Å². The van der Waals surface area contributed by atoms with Gasteiger partial charge in [0.15, 0.2) is 0 Å². The number of aromatic nitrogens is 3. The van der Waals surface area contributed by atoms with Gasteiger partial charge in [-0.15, -0.1) is 0 Å². The first kappa shape index (κ1) is 15.3. The Kier molecular flexibility index (Phi) is 3.89. The van der Waals surface area contributed by atoms with Crippen LogP contribution in [0, 0.1) is 0 Å². The number of benzene rings is 1. The second-order valence-corrected chi connectivity index (χ2v) is 5.92. The Bertz CT molecular complexity index is 928. The molecule has 1 aromatic carbocycles. The first-order valence-corrected chi connectivity index (χ1v) is 8.11. The monoisotopic (exact) mass is 336 g/mol. The molecule has 1 N–H and O–H groups in total. The third kappa shape index (κ3) is 2.96. The summed E-state index contributed by atoms with van der Waals surface area (Å²) in [5.74, 6) is 0.797. The normalized spacial score (nSPS) is 17.0. The van der Waals surface area contributed by atoms with Gasteiger partial charge in [-0.05, 0) is 18.9 Å². The summed E-state index contributed by atoms with van der Waals surface area (Å²) in [5, 5.41) is 4.04. The number of carbonyl (C=O) groups is 1. The standard InChI is InChI=1S/C18H16N4O3/c23-15-9-8-13(11-19-15)18(24)22-10-4-7-14(22)17-20-16(21-25-17)12-5-2-1-3-6-12/h1-3,5-6,8-9,11,14H,4,7,10H2,(H,19,23)/t14-/m0/s1. The number of likely N-dealkylation sites (tertiary alicyclic amines) is 1. The summed E-state index contributed by atoms with van der Waals surface area (Å²) < 4.78 is 5.43. The maximum absolute atomic E-state index is 12.7. The van der Waals surface area contributed by atoms with Gasteiger partial charge in [-0.25, -0.2) is 0 Å². The number of hydrogen-bond acceptors (Lipinski definition) is 5. The van der Waals surface area contributed by atoms with Gasteiger partial charge in [0.1, 0.15) is 6.04 Å². The highest BCUT2D eigenvalue weighted by molar-refractivity contribution is 5.94. The van der Waals surface area contributed by atoms with Gasteiger partial charge >= 0.3 is 0 Å². The molecule has 1 fully saturated rings. The highest BCUT2D eigenvalue weighted by atomic mass is 16.5. The molecule has 4 rings (SSSR count). The fraction of sp³-hybridized carbons (Fsp3) is 0.222. The number of amides is 1. The number of nitrogens with one attached hydrogen (secondary N) is 1. The molecule has 126 valence electrons. The third-order valence-electron chi connectivity index (χ3n) is 4.30. The van der Waals surface area contributed by atoms with Crippen molar-refractivity contribution in [1.82, 2.24) is 20.0 Å². The van der Waals surface area contributed by atoms with Crippen LogP contribution in [0.1, 0.15) is 35.1 Å². The Morgan fingerprint density at radius 3 is 2.80 bits per heavy atom. The minimum atomic E-state index is -0.246. The molecule has 3 aromatic rings. The van der Waals surface area contributed by atoms with E-state index in [1.807, 2.05) is 30.3 Å².